The summed E-state index contributed by atoms with van der Waals surface area (Å²) in [5, 5.41) is 2.91. The van der Waals surface area contributed by atoms with E-state index in [4.69, 9.17) is 0 Å². The van der Waals surface area contributed by atoms with Crippen LogP contribution in [0.2, 0.25) is 0 Å². The highest BCUT2D eigenvalue weighted by Crippen LogP contribution is 2.30. The van der Waals surface area contributed by atoms with Crippen molar-refractivity contribution in [1.82, 2.24) is 9.88 Å². The van der Waals surface area contributed by atoms with E-state index in [1.165, 1.54) is 23.3 Å². The van der Waals surface area contributed by atoms with Gasteiger partial charge in [-0.1, -0.05) is 0 Å². The van der Waals surface area contributed by atoms with Crippen LogP contribution < -0.4 is 10.2 Å². The number of thiophene rings is 1. The minimum Gasteiger partial charge on any atom is -0.323 e. The first-order chi connectivity index (χ1) is 12.7. The number of nitrogens with one attached hydrogen (secondary N) is 1. The van der Waals surface area contributed by atoms with E-state index in [1.807, 2.05) is 13.0 Å². The van der Waals surface area contributed by atoms with Crippen molar-refractivity contribution in [3.63, 3.8) is 0 Å². The fourth-order valence-electron chi connectivity index (χ4n) is 3.50. The van der Waals surface area contributed by atoms with Crippen LogP contribution >= 0.6 is 11.3 Å². The van der Waals surface area contributed by atoms with E-state index in [1.54, 1.807) is 39.5 Å². The van der Waals surface area contributed by atoms with E-state index >= 15 is 0 Å². The molecule has 0 saturated carbocycles. The van der Waals surface area contributed by atoms with Crippen LogP contribution in [0.4, 0.5) is 16.3 Å². The molecule has 1 aliphatic heterocycles. The summed E-state index contributed by atoms with van der Waals surface area (Å²) in [5.74, 6) is 0.531. The summed E-state index contributed by atoms with van der Waals surface area (Å²) >= 11 is 1.60. The minimum atomic E-state index is -0.0895. The summed E-state index contributed by atoms with van der Waals surface area (Å²) in [4.78, 5) is 34.7. The lowest BCUT2D eigenvalue weighted by Crippen LogP contribution is -2.32. The Labute approximate surface area is 156 Å². The zero-order valence-electron chi connectivity index (χ0n) is 14.8. The molecule has 2 aromatic rings. The first-order valence-corrected chi connectivity index (χ1v) is 9.93. The number of carbonyl (C=O) groups is 2. The van der Waals surface area contributed by atoms with Crippen molar-refractivity contribution in [1.29, 1.82) is 0 Å². The normalized spacial score (nSPS) is 16.7. The number of carbonyl (C=O) groups excluding carboxylic acids is 2. The summed E-state index contributed by atoms with van der Waals surface area (Å²) < 4.78 is 0. The minimum absolute atomic E-state index is 0.0130. The van der Waals surface area contributed by atoms with Gasteiger partial charge in [-0.15, -0.1) is 11.3 Å². The summed E-state index contributed by atoms with van der Waals surface area (Å²) in [6.07, 6.45) is 6.20. The van der Waals surface area contributed by atoms with E-state index < -0.39 is 0 Å². The van der Waals surface area contributed by atoms with Gasteiger partial charge in [-0.3, -0.25) is 9.69 Å². The predicted molar refractivity (Wildman–Crippen MR) is 103 cm³/mol. The van der Waals surface area contributed by atoms with E-state index in [9.17, 15) is 9.59 Å². The third kappa shape index (κ3) is 3.19. The number of aryl methyl sites for hydroxylation is 2. The van der Waals surface area contributed by atoms with Crippen molar-refractivity contribution >= 4 is 34.8 Å². The van der Waals surface area contributed by atoms with E-state index in [0.717, 1.165) is 24.3 Å². The van der Waals surface area contributed by atoms with Gasteiger partial charge in [0.15, 0.2) is 0 Å². The summed E-state index contributed by atoms with van der Waals surface area (Å²) in [6.45, 7) is 4.04. The number of hydrogen-bond acceptors (Lipinski definition) is 4. The van der Waals surface area contributed by atoms with Gasteiger partial charge >= 0.3 is 6.03 Å². The molecular weight excluding hydrogens is 348 g/mol. The Kier molecular flexibility index (Phi) is 4.63. The molecule has 1 aliphatic carbocycles. The van der Waals surface area contributed by atoms with Gasteiger partial charge in [0.25, 0.3) is 5.91 Å². The number of hydrogen-bond donors (Lipinski definition) is 1. The average molecular weight is 370 g/mol. The maximum atomic E-state index is 12.5. The van der Waals surface area contributed by atoms with Crippen molar-refractivity contribution in [2.75, 3.05) is 29.9 Å². The molecule has 3 heterocycles. The smallest absolute Gasteiger partial charge is 0.323 e. The molecule has 2 aromatic heterocycles. The lowest BCUT2D eigenvalue weighted by atomic mass is 9.99. The highest BCUT2D eigenvalue weighted by molar-refractivity contribution is 7.14. The zero-order chi connectivity index (χ0) is 18.1. The quantitative estimate of drug-likeness (QED) is 0.895. The van der Waals surface area contributed by atoms with Crippen LogP contribution in [0, 0.1) is 0 Å². The fourth-order valence-corrected chi connectivity index (χ4v) is 4.65. The van der Waals surface area contributed by atoms with Crippen molar-refractivity contribution in [3.8, 4) is 0 Å². The number of pyridine rings is 1. The van der Waals surface area contributed by atoms with E-state index in [-0.39, 0.29) is 11.9 Å². The lowest BCUT2D eigenvalue weighted by molar-refractivity contribution is 0.103. The summed E-state index contributed by atoms with van der Waals surface area (Å²) in [7, 11) is 0. The number of aromatic nitrogens is 1. The Bertz CT molecular complexity index is 807. The van der Waals surface area contributed by atoms with Crippen molar-refractivity contribution in [2.45, 2.75) is 32.6 Å². The Morgan fingerprint density at radius 1 is 1.27 bits per heavy atom. The molecule has 1 N–H and O–H groups in total. The van der Waals surface area contributed by atoms with Gasteiger partial charge in [0.2, 0.25) is 0 Å². The molecule has 0 aromatic carbocycles. The van der Waals surface area contributed by atoms with Gasteiger partial charge in [0.05, 0.1) is 16.8 Å². The fraction of sp³-hybridized carbons (Fsp3) is 0.421. The van der Waals surface area contributed by atoms with Gasteiger partial charge in [-0.2, -0.15) is 0 Å². The molecule has 0 bridgehead atoms. The second-order valence-corrected chi connectivity index (χ2v) is 7.78. The SMILES string of the molecule is CCN1CCN(c2ccc(NC(=O)c3cc4c(s3)CCCC4)cn2)C1=O. The third-order valence-corrected chi connectivity index (χ3v) is 6.22. The highest BCUT2D eigenvalue weighted by atomic mass is 32.1. The number of rotatable bonds is 4. The number of amides is 3. The lowest BCUT2D eigenvalue weighted by Gasteiger charge is -2.16. The first-order valence-electron chi connectivity index (χ1n) is 9.11. The van der Waals surface area contributed by atoms with Gasteiger partial charge in [0.1, 0.15) is 5.82 Å². The molecule has 7 heteroatoms. The third-order valence-electron chi connectivity index (χ3n) is 4.98. The number of urea groups is 1. The maximum Gasteiger partial charge on any atom is 0.325 e. The van der Waals surface area contributed by atoms with Crippen LogP contribution in [0.15, 0.2) is 24.4 Å². The first kappa shape index (κ1) is 17.0. The van der Waals surface area contributed by atoms with Crippen LogP contribution in [-0.2, 0) is 12.8 Å². The van der Waals surface area contributed by atoms with Crippen molar-refractivity contribution in [3.05, 3.63) is 39.7 Å². The Morgan fingerprint density at radius 3 is 2.81 bits per heavy atom. The van der Waals surface area contributed by atoms with Crippen LogP contribution in [0.3, 0.4) is 0 Å². The number of anilines is 2. The number of nitrogens with zero attached hydrogens (tertiary/aromatic N) is 3. The summed E-state index contributed by atoms with van der Waals surface area (Å²) in [6, 6.07) is 5.60. The van der Waals surface area contributed by atoms with Crippen LogP contribution in [0.25, 0.3) is 0 Å². The predicted octanol–water partition coefficient (Wildman–Crippen LogP) is 3.54. The van der Waals surface area contributed by atoms with Crippen molar-refractivity contribution < 1.29 is 9.59 Å². The molecule has 136 valence electrons. The molecule has 26 heavy (non-hydrogen) atoms. The van der Waals surface area contributed by atoms with E-state index in [2.05, 4.69) is 10.3 Å². The monoisotopic (exact) mass is 370 g/mol. The van der Waals surface area contributed by atoms with Gasteiger partial charge in [0, 0.05) is 24.5 Å². The molecule has 4 rings (SSSR count). The zero-order valence-corrected chi connectivity index (χ0v) is 15.6. The number of likely N-dealkylation sites (N-methyl/N-ethyl adjacent to an activating group) is 1. The van der Waals surface area contributed by atoms with Gasteiger partial charge < -0.3 is 10.2 Å². The maximum absolute atomic E-state index is 12.5. The molecule has 2 aliphatic rings. The highest BCUT2D eigenvalue weighted by Gasteiger charge is 2.29. The standard InChI is InChI=1S/C19H22N4O2S/c1-2-22-9-10-23(19(22)25)17-8-7-14(12-20-17)21-18(24)16-11-13-5-3-4-6-15(13)26-16/h7-8,11-12H,2-6,9-10H2,1H3,(H,21,24). The molecular formula is C19H22N4O2S. The largest absolute Gasteiger partial charge is 0.325 e. The Balaban J connectivity index is 1.43. The molecule has 6 nitrogen and oxygen atoms in total. The van der Waals surface area contributed by atoms with Crippen LogP contribution in [0.1, 0.15) is 39.9 Å². The van der Waals surface area contributed by atoms with Crippen molar-refractivity contribution in [2.24, 2.45) is 0 Å². The molecule has 3 amide bonds. The van der Waals surface area contributed by atoms with E-state index in [0.29, 0.717) is 24.6 Å². The van der Waals surface area contributed by atoms with Gasteiger partial charge in [-0.05, 0) is 56.4 Å². The molecule has 1 saturated heterocycles. The second kappa shape index (κ2) is 7.07. The second-order valence-electron chi connectivity index (χ2n) is 6.64. The topological polar surface area (TPSA) is 65.5 Å². The molecule has 0 radical (unpaired) electrons. The Hall–Kier alpha value is -2.41. The Morgan fingerprint density at radius 2 is 2.12 bits per heavy atom. The molecule has 0 unspecified atom stereocenters. The average Bonchev–Trinajstić information content (AvgIpc) is 3.26. The number of fused-ring (bicyclic) bond motifs is 1. The molecule has 0 spiro atoms. The summed E-state index contributed by atoms with van der Waals surface area (Å²) in [5.41, 5.74) is 1.97. The van der Waals surface area contributed by atoms with Crippen LogP contribution in [-0.4, -0.2) is 41.5 Å². The molecule has 1 fully saturated rings. The van der Waals surface area contributed by atoms with Gasteiger partial charge in [-0.25, -0.2) is 9.78 Å². The van der Waals surface area contributed by atoms with Crippen LogP contribution in [0.5, 0.6) is 0 Å². The molecule has 0 atom stereocenters.